The molecule has 0 radical (unpaired) electrons. The van der Waals surface area contributed by atoms with Gasteiger partial charge in [-0.2, -0.15) is 0 Å². The maximum Gasteiger partial charge on any atom is 0.407 e. The van der Waals surface area contributed by atoms with E-state index in [-0.39, 0.29) is 11.8 Å². The second-order valence-electron chi connectivity index (χ2n) is 6.54. The van der Waals surface area contributed by atoms with Gasteiger partial charge >= 0.3 is 6.09 Å². The summed E-state index contributed by atoms with van der Waals surface area (Å²) in [7, 11) is 0. The molecule has 1 amide bonds. The molecule has 1 atom stereocenters. The second-order valence-corrected chi connectivity index (χ2v) is 6.94. The first kappa shape index (κ1) is 19.6. The quantitative estimate of drug-likeness (QED) is 0.704. The number of phenolic OH excluding ortho intramolecular Hbond substituents is 1. The van der Waals surface area contributed by atoms with E-state index >= 15 is 0 Å². The summed E-state index contributed by atoms with van der Waals surface area (Å²) in [5, 5.41) is 15.9. The van der Waals surface area contributed by atoms with Gasteiger partial charge in [-0.3, -0.25) is 0 Å². The lowest BCUT2D eigenvalue weighted by atomic mass is 10.1. The molecule has 1 rings (SSSR count). The van der Waals surface area contributed by atoms with Crippen LogP contribution in [0.3, 0.4) is 0 Å². The van der Waals surface area contributed by atoms with Crippen molar-refractivity contribution < 1.29 is 14.6 Å². The highest BCUT2D eigenvalue weighted by molar-refractivity contribution is 6.32. The van der Waals surface area contributed by atoms with E-state index in [1.54, 1.807) is 12.1 Å². The third kappa shape index (κ3) is 8.09. The number of hydrogen-bond acceptors (Lipinski definition) is 4. The van der Waals surface area contributed by atoms with Crippen LogP contribution < -0.4 is 10.6 Å². The first-order valence-corrected chi connectivity index (χ1v) is 8.26. The van der Waals surface area contributed by atoms with Gasteiger partial charge in [0.25, 0.3) is 0 Å². The number of nitrogens with one attached hydrogen (secondary N) is 2. The van der Waals surface area contributed by atoms with Crippen molar-refractivity contribution in [1.82, 2.24) is 10.6 Å². The van der Waals surface area contributed by atoms with Gasteiger partial charge in [-0.05, 0) is 44.9 Å². The summed E-state index contributed by atoms with van der Waals surface area (Å²) in [5.41, 5.74) is 0.478. The molecule has 0 bridgehead atoms. The minimum Gasteiger partial charge on any atom is -0.506 e. The summed E-state index contributed by atoms with van der Waals surface area (Å²) in [6, 6.07) is 5.26. The van der Waals surface area contributed by atoms with Gasteiger partial charge in [-0.25, -0.2) is 4.79 Å². The third-order valence-corrected chi connectivity index (χ3v) is 3.44. The largest absolute Gasteiger partial charge is 0.506 e. The topological polar surface area (TPSA) is 70.6 Å². The highest BCUT2D eigenvalue weighted by Crippen LogP contribution is 2.23. The van der Waals surface area contributed by atoms with E-state index in [1.165, 1.54) is 0 Å². The Hall–Kier alpha value is -1.46. The molecule has 5 nitrogen and oxygen atoms in total. The van der Waals surface area contributed by atoms with Crippen molar-refractivity contribution in [3.05, 3.63) is 28.8 Å². The number of amides is 1. The van der Waals surface area contributed by atoms with E-state index < -0.39 is 11.7 Å². The number of rotatable bonds is 7. The lowest BCUT2D eigenvalue weighted by Crippen LogP contribution is -2.42. The van der Waals surface area contributed by atoms with Crippen LogP contribution >= 0.6 is 11.6 Å². The smallest absolute Gasteiger partial charge is 0.407 e. The Balaban J connectivity index is 2.48. The molecule has 0 fully saturated rings. The summed E-state index contributed by atoms with van der Waals surface area (Å²) >= 11 is 5.90. The van der Waals surface area contributed by atoms with E-state index in [4.69, 9.17) is 16.3 Å². The highest BCUT2D eigenvalue weighted by Gasteiger charge is 2.17. The second kappa shape index (κ2) is 8.99. The van der Waals surface area contributed by atoms with Gasteiger partial charge in [0.2, 0.25) is 0 Å². The summed E-state index contributed by atoms with van der Waals surface area (Å²) in [6.07, 6.45) is 1.53. The lowest BCUT2D eigenvalue weighted by molar-refractivity contribution is 0.0521. The van der Waals surface area contributed by atoms with E-state index in [2.05, 4.69) is 17.6 Å². The van der Waals surface area contributed by atoms with E-state index in [0.717, 1.165) is 18.4 Å². The third-order valence-electron chi connectivity index (χ3n) is 3.14. The van der Waals surface area contributed by atoms with Crippen LogP contribution in [0.1, 0.15) is 46.1 Å². The number of carbonyl (C=O) groups is 1. The molecule has 0 spiro atoms. The molecule has 0 saturated heterocycles. The van der Waals surface area contributed by atoms with Crippen molar-refractivity contribution in [3.8, 4) is 5.75 Å². The summed E-state index contributed by atoms with van der Waals surface area (Å²) in [5.74, 6) is 0.0760. The number of phenols is 1. The van der Waals surface area contributed by atoms with Crippen molar-refractivity contribution in [3.63, 3.8) is 0 Å². The molecule has 0 aliphatic heterocycles. The molecule has 0 saturated carbocycles. The van der Waals surface area contributed by atoms with Crippen LogP contribution in [0.2, 0.25) is 5.02 Å². The van der Waals surface area contributed by atoms with Crippen LogP contribution in [0.4, 0.5) is 4.79 Å². The fourth-order valence-corrected chi connectivity index (χ4v) is 2.27. The Morgan fingerprint density at radius 2 is 2.09 bits per heavy atom. The minimum atomic E-state index is -0.499. The average molecular weight is 343 g/mol. The first-order valence-electron chi connectivity index (χ1n) is 7.89. The summed E-state index contributed by atoms with van der Waals surface area (Å²) in [6.45, 7) is 8.71. The van der Waals surface area contributed by atoms with Gasteiger partial charge in [-0.15, -0.1) is 0 Å². The molecule has 130 valence electrons. The Bertz CT molecular complexity index is 515. The molecular weight excluding hydrogens is 316 g/mol. The minimum absolute atomic E-state index is 0.0760. The number of carbonyl (C=O) groups excluding carboxylic acids is 1. The number of benzene rings is 1. The van der Waals surface area contributed by atoms with Crippen molar-refractivity contribution >= 4 is 17.7 Å². The standard InChI is InChI=1S/C17H27ClN2O3/c1-5-6-13(11-20-16(22)23-17(2,3)4)19-10-12-7-8-15(21)14(18)9-12/h7-9,13,19,21H,5-6,10-11H2,1-4H3,(H,20,22). The van der Waals surface area contributed by atoms with Crippen LogP contribution in [0, 0.1) is 0 Å². The first-order chi connectivity index (χ1) is 10.7. The number of hydrogen-bond donors (Lipinski definition) is 3. The molecule has 0 aliphatic rings. The van der Waals surface area contributed by atoms with E-state index in [1.807, 2.05) is 26.8 Å². The van der Waals surface area contributed by atoms with Crippen molar-refractivity contribution in [1.29, 1.82) is 0 Å². The maximum absolute atomic E-state index is 11.7. The van der Waals surface area contributed by atoms with Crippen molar-refractivity contribution in [2.24, 2.45) is 0 Å². The van der Waals surface area contributed by atoms with Crippen LogP contribution in [0.25, 0.3) is 0 Å². The van der Waals surface area contributed by atoms with Crippen LogP contribution in [0.15, 0.2) is 18.2 Å². The normalized spacial score (nSPS) is 12.7. The Labute approximate surface area is 143 Å². The SMILES string of the molecule is CCCC(CNC(=O)OC(C)(C)C)NCc1ccc(O)c(Cl)c1. The zero-order valence-corrected chi connectivity index (χ0v) is 15.0. The Morgan fingerprint density at radius 3 is 2.65 bits per heavy atom. The zero-order valence-electron chi connectivity index (χ0n) is 14.3. The highest BCUT2D eigenvalue weighted by atomic mass is 35.5. The molecule has 6 heteroatoms. The molecule has 23 heavy (non-hydrogen) atoms. The number of halogens is 1. The fraction of sp³-hybridized carbons (Fsp3) is 0.588. The molecule has 1 unspecified atom stereocenters. The van der Waals surface area contributed by atoms with Crippen molar-refractivity contribution in [2.75, 3.05) is 6.54 Å². The van der Waals surface area contributed by atoms with Gasteiger partial charge in [0, 0.05) is 19.1 Å². The Morgan fingerprint density at radius 1 is 1.39 bits per heavy atom. The van der Waals surface area contributed by atoms with Crippen molar-refractivity contribution in [2.45, 2.75) is 58.7 Å². The predicted octanol–water partition coefficient (Wildman–Crippen LogP) is 3.83. The van der Waals surface area contributed by atoms with Gasteiger partial charge in [-0.1, -0.05) is 31.0 Å². The summed E-state index contributed by atoms with van der Waals surface area (Å²) < 4.78 is 5.23. The molecule has 0 heterocycles. The van der Waals surface area contributed by atoms with Crippen LogP contribution in [0.5, 0.6) is 5.75 Å². The molecular formula is C17H27ClN2O3. The number of alkyl carbamates (subject to hydrolysis) is 1. The van der Waals surface area contributed by atoms with Gasteiger partial charge < -0.3 is 20.5 Å². The van der Waals surface area contributed by atoms with Gasteiger partial charge in [0.05, 0.1) is 5.02 Å². The van der Waals surface area contributed by atoms with E-state index in [0.29, 0.717) is 18.1 Å². The molecule has 1 aromatic carbocycles. The van der Waals surface area contributed by atoms with E-state index in [9.17, 15) is 9.90 Å². The monoisotopic (exact) mass is 342 g/mol. The fourth-order valence-electron chi connectivity index (χ4n) is 2.07. The molecule has 0 aliphatic carbocycles. The zero-order chi connectivity index (χ0) is 17.5. The molecule has 3 N–H and O–H groups in total. The number of ether oxygens (including phenoxy) is 1. The van der Waals surface area contributed by atoms with Gasteiger partial charge in [0.1, 0.15) is 11.4 Å². The Kier molecular flexibility index (Phi) is 7.65. The average Bonchev–Trinajstić information content (AvgIpc) is 2.43. The maximum atomic E-state index is 11.7. The summed E-state index contributed by atoms with van der Waals surface area (Å²) in [4.78, 5) is 11.7. The number of aromatic hydroxyl groups is 1. The van der Waals surface area contributed by atoms with Gasteiger partial charge in [0.15, 0.2) is 0 Å². The van der Waals surface area contributed by atoms with Crippen LogP contribution in [-0.4, -0.2) is 29.4 Å². The predicted molar refractivity (Wildman–Crippen MR) is 92.9 cm³/mol. The lowest BCUT2D eigenvalue weighted by Gasteiger charge is -2.22. The molecule has 1 aromatic rings. The van der Waals surface area contributed by atoms with Crippen LogP contribution in [-0.2, 0) is 11.3 Å². The molecule has 0 aromatic heterocycles.